The van der Waals surface area contributed by atoms with E-state index in [0.29, 0.717) is 26.0 Å². The molecular formula is C13H26N2O4. The highest BCUT2D eigenvalue weighted by Gasteiger charge is 2.22. The van der Waals surface area contributed by atoms with E-state index < -0.39 is 12.0 Å². The van der Waals surface area contributed by atoms with E-state index >= 15 is 0 Å². The fourth-order valence-electron chi connectivity index (χ4n) is 1.81. The highest BCUT2D eigenvalue weighted by atomic mass is 16.5. The Kier molecular flexibility index (Phi) is 9.16. The smallest absolute Gasteiger partial charge is 0.303 e. The summed E-state index contributed by atoms with van der Waals surface area (Å²) in [5.41, 5.74) is 5.87. The lowest BCUT2D eigenvalue weighted by Gasteiger charge is -2.29. The van der Waals surface area contributed by atoms with Crippen LogP contribution in [0.4, 0.5) is 0 Å². The quantitative estimate of drug-likeness (QED) is 0.576. The van der Waals surface area contributed by atoms with E-state index in [-0.39, 0.29) is 18.4 Å². The number of carboxylic acids is 1. The van der Waals surface area contributed by atoms with Crippen molar-refractivity contribution < 1.29 is 19.4 Å². The molecule has 0 saturated carbocycles. The molecule has 0 rings (SSSR count). The van der Waals surface area contributed by atoms with Crippen LogP contribution in [0.3, 0.4) is 0 Å². The first kappa shape index (κ1) is 17.9. The molecule has 0 aliphatic heterocycles. The van der Waals surface area contributed by atoms with E-state index in [1.165, 1.54) is 0 Å². The van der Waals surface area contributed by atoms with Gasteiger partial charge in [-0.05, 0) is 33.1 Å². The number of hydrogen-bond donors (Lipinski definition) is 2. The van der Waals surface area contributed by atoms with Gasteiger partial charge in [0.25, 0.3) is 0 Å². The minimum atomic E-state index is -0.847. The van der Waals surface area contributed by atoms with Crippen molar-refractivity contribution in [3.05, 3.63) is 0 Å². The second-order valence-electron chi connectivity index (χ2n) is 4.86. The molecule has 6 nitrogen and oxygen atoms in total. The highest BCUT2D eigenvalue weighted by Crippen LogP contribution is 2.07. The van der Waals surface area contributed by atoms with Crippen molar-refractivity contribution >= 4 is 11.9 Å². The first-order valence-electron chi connectivity index (χ1n) is 6.67. The molecule has 1 amide bonds. The zero-order chi connectivity index (χ0) is 14.8. The number of rotatable bonds is 10. The molecule has 0 radical (unpaired) electrons. The molecule has 0 aromatic carbocycles. The molecule has 19 heavy (non-hydrogen) atoms. The molecule has 6 heteroatoms. The molecule has 0 aromatic rings. The zero-order valence-electron chi connectivity index (χ0n) is 12.1. The van der Waals surface area contributed by atoms with Crippen LogP contribution in [-0.4, -0.2) is 54.2 Å². The third kappa shape index (κ3) is 7.79. The van der Waals surface area contributed by atoms with Crippen molar-refractivity contribution in [1.82, 2.24) is 4.90 Å². The van der Waals surface area contributed by atoms with Crippen LogP contribution in [-0.2, 0) is 14.3 Å². The first-order valence-corrected chi connectivity index (χ1v) is 6.67. The number of hydrogen-bond acceptors (Lipinski definition) is 4. The average Bonchev–Trinajstić information content (AvgIpc) is 2.33. The summed E-state index contributed by atoms with van der Waals surface area (Å²) in [5, 5.41) is 8.61. The van der Waals surface area contributed by atoms with Gasteiger partial charge >= 0.3 is 5.97 Å². The number of amides is 1. The van der Waals surface area contributed by atoms with Gasteiger partial charge in [-0.2, -0.15) is 0 Å². The topological polar surface area (TPSA) is 92.9 Å². The molecule has 0 aliphatic carbocycles. The number of nitrogens with zero attached hydrogens (tertiary/aromatic N) is 1. The number of ether oxygens (including phenoxy) is 1. The van der Waals surface area contributed by atoms with Gasteiger partial charge in [0, 0.05) is 32.7 Å². The van der Waals surface area contributed by atoms with Gasteiger partial charge in [-0.15, -0.1) is 0 Å². The molecule has 3 N–H and O–H groups in total. The maximum absolute atomic E-state index is 12.2. The van der Waals surface area contributed by atoms with Gasteiger partial charge in [-0.3, -0.25) is 9.59 Å². The van der Waals surface area contributed by atoms with Crippen LogP contribution in [0.5, 0.6) is 0 Å². The van der Waals surface area contributed by atoms with Crippen molar-refractivity contribution in [3.8, 4) is 0 Å². The van der Waals surface area contributed by atoms with Crippen LogP contribution >= 0.6 is 0 Å². The normalized spacial score (nSPS) is 12.5. The van der Waals surface area contributed by atoms with E-state index in [0.717, 1.165) is 6.42 Å². The molecular weight excluding hydrogens is 248 g/mol. The standard InChI is InChI=1S/C13H26N2O4/c1-10(2)15(8-4-7-12(16)17)13(18)11(14)6-5-9-19-3/h10-11H,4-9,14H2,1-3H3,(H,16,17). The third-order valence-electron chi connectivity index (χ3n) is 2.88. The number of carbonyl (C=O) groups excluding carboxylic acids is 1. The van der Waals surface area contributed by atoms with E-state index in [1.54, 1.807) is 12.0 Å². The minimum Gasteiger partial charge on any atom is -0.481 e. The number of carbonyl (C=O) groups is 2. The molecule has 0 saturated heterocycles. The molecule has 0 aromatic heterocycles. The number of nitrogens with two attached hydrogens (primary N) is 1. The van der Waals surface area contributed by atoms with Crippen molar-refractivity contribution in [2.45, 2.75) is 51.6 Å². The van der Waals surface area contributed by atoms with Crippen LogP contribution < -0.4 is 5.73 Å². The fourth-order valence-corrected chi connectivity index (χ4v) is 1.81. The second-order valence-corrected chi connectivity index (χ2v) is 4.86. The molecule has 0 spiro atoms. The van der Waals surface area contributed by atoms with E-state index in [1.807, 2.05) is 13.8 Å². The Bertz CT molecular complexity index is 282. The lowest BCUT2D eigenvalue weighted by atomic mass is 10.1. The Morgan fingerprint density at radius 3 is 2.42 bits per heavy atom. The van der Waals surface area contributed by atoms with Crippen LogP contribution in [0.2, 0.25) is 0 Å². The Hall–Kier alpha value is -1.14. The van der Waals surface area contributed by atoms with Crippen LogP contribution in [0.1, 0.15) is 39.5 Å². The summed E-state index contributed by atoms with van der Waals surface area (Å²) in [6.07, 6.45) is 1.83. The summed E-state index contributed by atoms with van der Waals surface area (Å²) < 4.78 is 4.93. The minimum absolute atomic E-state index is 0.0229. The molecule has 1 atom stereocenters. The second kappa shape index (κ2) is 9.75. The summed E-state index contributed by atoms with van der Waals surface area (Å²) in [4.78, 5) is 24.3. The first-order chi connectivity index (χ1) is 8.90. The lowest BCUT2D eigenvalue weighted by molar-refractivity contribution is -0.139. The monoisotopic (exact) mass is 274 g/mol. The predicted octanol–water partition coefficient (Wildman–Crippen LogP) is 0.842. The van der Waals surface area contributed by atoms with Crippen molar-refractivity contribution in [3.63, 3.8) is 0 Å². The van der Waals surface area contributed by atoms with Crippen molar-refractivity contribution in [2.24, 2.45) is 5.73 Å². The molecule has 0 heterocycles. The van der Waals surface area contributed by atoms with Crippen molar-refractivity contribution in [1.29, 1.82) is 0 Å². The van der Waals surface area contributed by atoms with Gasteiger partial charge < -0.3 is 20.5 Å². The molecule has 0 aliphatic rings. The summed E-state index contributed by atoms with van der Waals surface area (Å²) in [6, 6.07) is -0.517. The zero-order valence-corrected chi connectivity index (χ0v) is 12.1. The molecule has 1 unspecified atom stereocenters. The summed E-state index contributed by atoms with van der Waals surface area (Å²) in [5.74, 6) is -0.961. The maximum Gasteiger partial charge on any atom is 0.303 e. The van der Waals surface area contributed by atoms with Crippen LogP contribution in [0, 0.1) is 0 Å². The predicted molar refractivity (Wildman–Crippen MR) is 72.8 cm³/mol. The summed E-state index contributed by atoms with van der Waals surface area (Å²) in [7, 11) is 1.61. The summed E-state index contributed by atoms with van der Waals surface area (Å²) in [6.45, 7) is 4.82. The third-order valence-corrected chi connectivity index (χ3v) is 2.88. The Balaban J connectivity index is 4.27. The van der Waals surface area contributed by atoms with Gasteiger partial charge in [0.1, 0.15) is 0 Å². The number of methoxy groups -OCH3 is 1. The average molecular weight is 274 g/mol. The maximum atomic E-state index is 12.2. The van der Waals surface area contributed by atoms with E-state index in [2.05, 4.69) is 0 Å². The Labute approximate surface area is 114 Å². The largest absolute Gasteiger partial charge is 0.481 e. The van der Waals surface area contributed by atoms with Gasteiger partial charge in [-0.1, -0.05) is 0 Å². The summed E-state index contributed by atoms with van der Waals surface area (Å²) >= 11 is 0. The van der Waals surface area contributed by atoms with Crippen molar-refractivity contribution in [2.75, 3.05) is 20.3 Å². The highest BCUT2D eigenvalue weighted by molar-refractivity contribution is 5.81. The Morgan fingerprint density at radius 2 is 1.95 bits per heavy atom. The van der Waals surface area contributed by atoms with Crippen LogP contribution in [0.25, 0.3) is 0 Å². The molecule has 112 valence electrons. The van der Waals surface area contributed by atoms with Gasteiger partial charge in [0.05, 0.1) is 6.04 Å². The van der Waals surface area contributed by atoms with Gasteiger partial charge in [0.15, 0.2) is 0 Å². The van der Waals surface area contributed by atoms with Crippen LogP contribution in [0.15, 0.2) is 0 Å². The fraction of sp³-hybridized carbons (Fsp3) is 0.846. The van der Waals surface area contributed by atoms with E-state index in [9.17, 15) is 9.59 Å². The number of aliphatic carboxylic acids is 1. The van der Waals surface area contributed by atoms with Gasteiger partial charge in [0.2, 0.25) is 5.91 Å². The SMILES string of the molecule is COCCCC(N)C(=O)N(CCCC(=O)O)C(C)C. The molecule has 0 bridgehead atoms. The Morgan fingerprint density at radius 1 is 1.32 bits per heavy atom. The number of carboxylic acid groups (broad SMARTS) is 1. The van der Waals surface area contributed by atoms with Gasteiger partial charge in [-0.25, -0.2) is 0 Å². The molecule has 0 fully saturated rings. The lowest BCUT2D eigenvalue weighted by Crippen LogP contribution is -2.47. The van der Waals surface area contributed by atoms with E-state index in [4.69, 9.17) is 15.6 Å².